The number of fused-ring (bicyclic) bond motifs is 3. The third-order valence-corrected chi connectivity index (χ3v) is 5.84. The average molecular weight is 346 g/mol. The summed E-state index contributed by atoms with van der Waals surface area (Å²) in [7, 11) is 1.64. The molecular weight excluding hydrogens is 330 g/mol. The van der Waals surface area contributed by atoms with Crippen LogP contribution in [0.1, 0.15) is 22.4 Å². The van der Waals surface area contributed by atoms with Gasteiger partial charge in [-0.05, 0) is 43.4 Å². The molecule has 0 fully saturated rings. The lowest BCUT2D eigenvalue weighted by atomic mass is 10.1. The number of nitrogens with zero attached hydrogens (tertiary/aromatic N) is 2. The van der Waals surface area contributed by atoms with Gasteiger partial charge in [-0.15, -0.1) is 11.3 Å². The molecule has 3 aromatic rings. The SMILES string of the molecule is COc1cc(Cl)c(C)cc1Nc1ncnc2sc3c(c12)CCC3. The number of rotatable bonds is 3. The van der Waals surface area contributed by atoms with E-state index < -0.39 is 0 Å². The van der Waals surface area contributed by atoms with Gasteiger partial charge in [0.1, 0.15) is 22.7 Å². The Morgan fingerprint density at radius 3 is 2.96 bits per heavy atom. The molecule has 0 atom stereocenters. The molecule has 0 amide bonds. The number of halogens is 1. The van der Waals surface area contributed by atoms with Crippen molar-refractivity contribution in [2.45, 2.75) is 26.2 Å². The zero-order valence-electron chi connectivity index (χ0n) is 12.9. The van der Waals surface area contributed by atoms with Gasteiger partial charge in [0.2, 0.25) is 0 Å². The molecule has 0 unspecified atom stereocenters. The number of aryl methyl sites for hydroxylation is 3. The molecule has 2 heterocycles. The predicted octanol–water partition coefficient (Wildman–Crippen LogP) is 4.89. The van der Waals surface area contributed by atoms with Crippen molar-refractivity contribution < 1.29 is 4.74 Å². The van der Waals surface area contributed by atoms with Gasteiger partial charge in [-0.2, -0.15) is 0 Å². The summed E-state index contributed by atoms with van der Waals surface area (Å²) in [6, 6.07) is 3.82. The highest BCUT2D eigenvalue weighted by molar-refractivity contribution is 7.19. The second-order valence-electron chi connectivity index (χ2n) is 5.69. The molecule has 0 spiro atoms. The largest absolute Gasteiger partial charge is 0.495 e. The van der Waals surface area contributed by atoms with Crippen LogP contribution in [0.2, 0.25) is 5.02 Å². The number of anilines is 2. The van der Waals surface area contributed by atoms with E-state index in [1.165, 1.54) is 16.9 Å². The van der Waals surface area contributed by atoms with Gasteiger partial charge in [-0.3, -0.25) is 0 Å². The number of hydrogen-bond acceptors (Lipinski definition) is 5. The van der Waals surface area contributed by atoms with Gasteiger partial charge in [0.05, 0.1) is 18.2 Å². The van der Waals surface area contributed by atoms with E-state index in [9.17, 15) is 0 Å². The molecule has 1 N–H and O–H groups in total. The van der Waals surface area contributed by atoms with Crippen molar-refractivity contribution in [2.75, 3.05) is 12.4 Å². The number of benzene rings is 1. The summed E-state index contributed by atoms with van der Waals surface area (Å²) >= 11 is 7.97. The van der Waals surface area contributed by atoms with Crippen molar-refractivity contribution in [1.29, 1.82) is 0 Å². The Bertz CT molecular complexity index is 906. The monoisotopic (exact) mass is 345 g/mol. The van der Waals surface area contributed by atoms with Crippen LogP contribution in [0.5, 0.6) is 5.75 Å². The van der Waals surface area contributed by atoms with Crippen LogP contribution in [0, 0.1) is 6.92 Å². The lowest BCUT2D eigenvalue weighted by molar-refractivity contribution is 0.416. The molecule has 1 aromatic carbocycles. The standard InChI is InChI=1S/C17H16ClN3OS/c1-9-6-12(13(22-2)7-11(9)18)21-16-15-10-4-3-5-14(10)23-17(15)20-8-19-16/h6-8H,3-5H2,1-2H3,(H,19,20,21). The van der Waals surface area contributed by atoms with Crippen molar-refractivity contribution in [3.05, 3.63) is 39.5 Å². The molecular formula is C17H16ClN3OS. The predicted molar refractivity (Wildman–Crippen MR) is 95.5 cm³/mol. The normalized spacial score (nSPS) is 13.3. The van der Waals surface area contributed by atoms with E-state index in [-0.39, 0.29) is 0 Å². The van der Waals surface area contributed by atoms with Gasteiger partial charge < -0.3 is 10.1 Å². The van der Waals surface area contributed by atoms with Gasteiger partial charge in [-0.25, -0.2) is 9.97 Å². The fourth-order valence-corrected chi connectivity index (χ4v) is 4.46. The smallest absolute Gasteiger partial charge is 0.143 e. The third-order valence-electron chi connectivity index (χ3n) is 4.24. The molecule has 23 heavy (non-hydrogen) atoms. The Labute approximate surface area is 143 Å². The van der Waals surface area contributed by atoms with E-state index in [1.807, 2.05) is 19.1 Å². The van der Waals surface area contributed by atoms with Crippen molar-refractivity contribution in [3.63, 3.8) is 0 Å². The molecule has 1 aliphatic rings. The first-order valence-electron chi connectivity index (χ1n) is 7.54. The molecule has 2 aromatic heterocycles. The highest BCUT2D eigenvalue weighted by Crippen LogP contribution is 2.41. The summed E-state index contributed by atoms with van der Waals surface area (Å²) in [4.78, 5) is 11.4. The highest BCUT2D eigenvalue weighted by atomic mass is 35.5. The first-order valence-corrected chi connectivity index (χ1v) is 8.73. The fourth-order valence-electron chi connectivity index (χ4n) is 3.08. The average Bonchev–Trinajstić information content (AvgIpc) is 3.11. The Kier molecular flexibility index (Phi) is 3.62. The van der Waals surface area contributed by atoms with Gasteiger partial charge in [0, 0.05) is 16.0 Å². The van der Waals surface area contributed by atoms with Crippen LogP contribution in [-0.4, -0.2) is 17.1 Å². The lowest BCUT2D eigenvalue weighted by Gasteiger charge is -2.13. The maximum atomic E-state index is 6.19. The number of hydrogen-bond donors (Lipinski definition) is 1. The first kappa shape index (κ1) is 14.7. The van der Waals surface area contributed by atoms with E-state index in [0.29, 0.717) is 10.8 Å². The van der Waals surface area contributed by atoms with Crippen LogP contribution in [0.3, 0.4) is 0 Å². The van der Waals surface area contributed by atoms with Crippen molar-refractivity contribution in [3.8, 4) is 5.75 Å². The zero-order valence-corrected chi connectivity index (χ0v) is 14.5. The summed E-state index contributed by atoms with van der Waals surface area (Å²) in [6.45, 7) is 1.98. The Morgan fingerprint density at radius 2 is 2.13 bits per heavy atom. The number of nitrogens with one attached hydrogen (secondary N) is 1. The number of aromatic nitrogens is 2. The quantitative estimate of drug-likeness (QED) is 0.733. The van der Waals surface area contributed by atoms with Crippen LogP contribution in [0.15, 0.2) is 18.5 Å². The molecule has 1 aliphatic carbocycles. The first-order chi connectivity index (χ1) is 11.2. The number of methoxy groups -OCH3 is 1. The maximum Gasteiger partial charge on any atom is 0.143 e. The van der Waals surface area contributed by atoms with Gasteiger partial charge in [0.15, 0.2) is 0 Å². The van der Waals surface area contributed by atoms with Crippen molar-refractivity contribution in [2.24, 2.45) is 0 Å². The minimum atomic E-state index is 0.691. The van der Waals surface area contributed by atoms with Gasteiger partial charge in [0.25, 0.3) is 0 Å². The second-order valence-corrected chi connectivity index (χ2v) is 7.18. The summed E-state index contributed by atoms with van der Waals surface area (Å²) in [5.41, 5.74) is 3.26. The molecule has 4 rings (SSSR count). The van der Waals surface area contributed by atoms with E-state index in [2.05, 4.69) is 15.3 Å². The molecule has 0 saturated heterocycles. The van der Waals surface area contributed by atoms with E-state index in [4.69, 9.17) is 16.3 Å². The van der Waals surface area contributed by atoms with Crippen LogP contribution in [0.25, 0.3) is 10.2 Å². The number of thiophene rings is 1. The molecule has 0 saturated carbocycles. The Balaban J connectivity index is 1.84. The highest BCUT2D eigenvalue weighted by Gasteiger charge is 2.21. The fraction of sp³-hybridized carbons (Fsp3) is 0.294. The Hall–Kier alpha value is -1.85. The van der Waals surface area contributed by atoms with Crippen LogP contribution in [0.4, 0.5) is 11.5 Å². The van der Waals surface area contributed by atoms with E-state index in [1.54, 1.807) is 24.8 Å². The zero-order chi connectivity index (χ0) is 16.0. The van der Waals surface area contributed by atoms with E-state index in [0.717, 1.165) is 40.1 Å². The second kappa shape index (κ2) is 5.65. The van der Waals surface area contributed by atoms with Gasteiger partial charge in [-0.1, -0.05) is 11.6 Å². The summed E-state index contributed by atoms with van der Waals surface area (Å²) < 4.78 is 5.45. The van der Waals surface area contributed by atoms with Crippen molar-refractivity contribution >= 4 is 44.7 Å². The van der Waals surface area contributed by atoms with Gasteiger partial charge >= 0.3 is 0 Å². The number of ether oxygens (including phenoxy) is 1. The molecule has 6 heteroatoms. The third kappa shape index (κ3) is 2.44. The topological polar surface area (TPSA) is 47.0 Å². The minimum Gasteiger partial charge on any atom is -0.495 e. The molecule has 0 aliphatic heterocycles. The maximum absolute atomic E-state index is 6.19. The van der Waals surface area contributed by atoms with Crippen molar-refractivity contribution in [1.82, 2.24) is 9.97 Å². The Morgan fingerprint density at radius 1 is 1.26 bits per heavy atom. The minimum absolute atomic E-state index is 0.691. The molecule has 118 valence electrons. The summed E-state index contributed by atoms with van der Waals surface area (Å²) in [5.74, 6) is 1.55. The van der Waals surface area contributed by atoms with Crippen LogP contribution >= 0.6 is 22.9 Å². The molecule has 0 bridgehead atoms. The molecule has 4 nitrogen and oxygen atoms in total. The lowest BCUT2D eigenvalue weighted by Crippen LogP contribution is -1.99. The summed E-state index contributed by atoms with van der Waals surface area (Å²) in [5, 5.41) is 5.27. The van der Waals surface area contributed by atoms with E-state index >= 15 is 0 Å². The molecule has 0 radical (unpaired) electrons. The van der Waals surface area contributed by atoms with Crippen LogP contribution in [-0.2, 0) is 12.8 Å². The summed E-state index contributed by atoms with van der Waals surface area (Å²) in [6.07, 6.45) is 5.09. The van der Waals surface area contributed by atoms with Crippen LogP contribution < -0.4 is 10.1 Å².